The van der Waals surface area contributed by atoms with Crippen molar-refractivity contribution in [2.45, 2.75) is 45.6 Å². The van der Waals surface area contributed by atoms with Crippen LogP contribution in [0.2, 0.25) is 0 Å². The van der Waals surface area contributed by atoms with Gasteiger partial charge in [-0.3, -0.25) is 14.6 Å². The molecule has 1 amide bonds. The van der Waals surface area contributed by atoms with Crippen LogP contribution >= 0.6 is 0 Å². The minimum Gasteiger partial charge on any atom is -0.335 e. The average Bonchev–Trinajstić information content (AvgIpc) is 2.38. The van der Waals surface area contributed by atoms with Gasteiger partial charge in [0.15, 0.2) is 0 Å². The molecule has 0 spiro atoms. The maximum Gasteiger partial charge on any atom is 0.254 e. The molecule has 4 nitrogen and oxygen atoms in total. The number of ketones is 1. The Labute approximate surface area is 113 Å². The lowest BCUT2D eigenvalue weighted by molar-refractivity contribution is -0.118. The molecule has 1 saturated heterocycles. The lowest BCUT2D eigenvalue weighted by atomic mass is 9.96. The molecule has 0 bridgehead atoms. The predicted molar refractivity (Wildman–Crippen MR) is 72.9 cm³/mol. The molecule has 102 valence electrons. The van der Waals surface area contributed by atoms with Gasteiger partial charge in [-0.05, 0) is 44.7 Å². The van der Waals surface area contributed by atoms with Crippen LogP contribution in [0.5, 0.6) is 0 Å². The van der Waals surface area contributed by atoms with Gasteiger partial charge in [-0.2, -0.15) is 0 Å². The number of hydrogen-bond acceptors (Lipinski definition) is 3. The quantitative estimate of drug-likeness (QED) is 0.838. The Morgan fingerprint density at radius 1 is 1.42 bits per heavy atom. The van der Waals surface area contributed by atoms with Crippen LogP contribution in [0.3, 0.4) is 0 Å². The lowest BCUT2D eigenvalue weighted by Gasteiger charge is -2.35. The number of likely N-dealkylation sites (tertiary alicyclic amines) is 1. The summed E-state index contributed by atoms with van der Waals surface area (Å²) in [5.41, 5.74) is 1.59. The third kappa shape index (κ3) is 3.19. The van der Waals surface area contributed by atoms with Crippen molar-refractivity contribution in [1.82, 2.24) is 9.88 Å². The molecule has 0 aliphatic carbocycles. The average molecular weight is 260 g/mol. The van der Waals surface area contributed by atoms with Crippen molar-refractivity contribution in [3.8, 4) is 0 Å². The molecule has 0 N–H and O–H groups in total. The third-order valence-corrected chi connectivity index (χ3v) is 3.66. The fourth-order valence-electron chi connectivity index (χ4n) is 2.68. The number of piperidine rings is 1. The van der Waals surface area contributed by atoms with Gasteiger partial charge in [0.2, 0.25) is 0 Å². The number of carbonyl (C=O) groups excluding carboxylic acids is 2. The van der Waals surface area contributed by atoms with E-state index in [-0.39, 0.29) is 17.7 Å². The largest absolute Gasteiger partial charge is 0.335 e. The van der Waals surface area contributed by atoms with Crippen molar-refractivity contribution in [2.75, 3.05) is 6.54 Å². The van der Waals surface area contributed by atoms with Crippen LogP contribution in [0.1, 0.15) is 48.5 Å². The first-order valence-corrected chi connectivity index (χ1v) is 6.80. The molecule has 1 atom stereocenters. The van der Waals surface area contributed by atoms with Gasteiger partial charge in [0.1, 0.15) is 5.78 Å². The summed E-state index contributed by atoms with van der Waals surface area (Å²) in [7, 11) is 0. The van der Waals surface area contributed by atoms with Crippen LogP contribution in [0.25, 0.3) is 0 Å². The first kappa shape index (κ1) is 13.7. The number of aryl methyl sites for hydroxylation is 1. The van der Waals surface area contributed by atoms with Crippen molar-refractivity contribution in [3.63, 3.8) is 0 Å². The van der Waals surface area contributed by atoms with Gasteiger partial charge in [-0.1, -0.05) is 0 Å². The van der Waals surface area contributed by atoms with Crippen LogP contribution in [-0.4, -0.2) is 34.2 Å². The summed E-state index contributed by atoms with van der Waals surface area (Å²) >= 11 is 0. The Kier molecular flexibility index (Phi) is 4.30. The molecule has 2 heterocycles. The third-order valence-electron chi connectivity index (χ3n) is 3.66. The van der Waals surface area contributed by atoms with E-state index < -0.39 is 0 Å². The minimum atomic E-state index is 0.0332. The molecule has 1 aliphatic rings. The molecule has 1 fully saturated rings. The Bertz CT molecular complexity index is 485. The standard InChI is InChI=1S/C15H20N2O2/c1-11-10-16-7-6-14(11)15(19)17-8-4-3-5-13(17)9-12(2)18/h6-7,10,13H,3-5,8-9H2,1-2H3. The fraction of sp³-hybridized carbons (Fsp3) is 0.533. The molecule has 0 radical (unpaired) electrons. The van der Waals surface area contributed by atoms with Crippen molar-refractivity contribution in [2.24, 2.45) is 0 Å². The van der Waals surface area contributed by atoms with Crippen LogP contribution in [0, 0.1) is 6.92 Å². The number of rotatable bonds is 3. The first-order valence-electron chi connectivity index (χ1n) is 6.80. The van der Waals surface area contributed by atoms with Crippen LogP contribution < -0.4 is 0 Å². The van der Waals surface area contributed by atoms with Crippen molar-refractivity contribution < 1.29 is 9.59 Å². The summed E-state index contributed by atoms with van der Waals surface area (Å²) < 4.78 is 0. The van der Waals surface area contributed by atoms with Gasteiger partial charge in [0.25, 0.3) is 5.91 Å². The molecular weight excluding hydrogens is 240 g/mol. The second-order valence-corrected chi connectivity index (χ2v) is 5.24. The molecule has 1 unspecified atom stereocenters. The van der Waals surface area contributed by atoms with Crippen molar-refractivity contribution in [1.29, 1.82) is 0 Å². The van der Waals surface area contributed by atoms with Crippen molar-refractivity contribution in [3.05, 3.63) is 29.6 Å². The Morgan fingerprint density at radius 2 is 2.21 bits per heavy atom. The number of pyridine rings is 1. The van der Waals surface area contributed by atoms with Crippen LogP contribution in [0.15, 0.2) is 18.5 Å². The highest BCUT2D eigenvalue weighted by atomic mass is 16.2. The molecule has 19 heavy (non-hydrogen) atoms. The highest BCUT2D eigenvalue weighted by molar-refractivity contribution is 5.96. The number of amides is 1. The molecule has 1 aromatic heterocycles. The van der Waals surface area contributed by atoms with Gasteiger partial charge in [0, 0.05) is 37.0 Å². The summed E-state index contributed by atoms with van der Waals surface area (Å²) in [6.45, 7) is 4.23. The second kappa shape index (κ2) is 5.95. The van der Waals surface area contributed by atoms with E-state index in [9.17, 15) is 9.59 Å². The maximum absolute atomic E-state index is 12.6. The predicted octanol–water partition coefficient (Wildman–Crippen LogP) is 2.36. The SMILES string of the molecule is CC(=O)CC1CCCCN1C(=O)c1ccncc1C. The number of nitrogens with zero attached hydrogens (tertiary/aromatic N) is 2. The van der Waals surface area contributed by atoms with Gasteiger partial charge >= 0.3 is 0 Å². The Balaban J connectivity index is 2.20. The monoisotopic (exact) mass is 260 g/mol. The zero-order valence-corrected chi connectivity index (χ0v) is 11.6. The molecule has 1 aromatic rings. The van der Waals surface area contributed by atoms with Gasteiger partial charge in [0.05, 0.1) is 0 Å². The van der Waals surface area contributed by atoms with Crippen molar-refractivity contribution >= 4 is 11.7 Å². The van der Waals surface area contributed by atoms with E-state index in [0.717, 1.165) is 31.4 Å². The molecule has 1 aliphatic heterocycles. The summed E-state index contributed by atoms with van der Waals surface area (Å²) in [6.07, 6.45) is 6.86. The van der Waals surface area contributed by atoms with Crippen LogP contribution in [0.4, 0.5) is 0 Å². The smallest absolute Gasteiger partial charge is 0.254 e. The topological polar surface area (TPSA) is 50.3 Å². The zero-order valence-electron chi connectivity index (χ0n) is 11.6. The molecule has 0 saturated carbocycles. The van der Waals surface area contributed by atoms with Gasteiger partial charge in [-0.25, -0.2) is 0 Å². The molecular formula is C15H20N2O2. The number of carbonyl (C=O) groups is 2. The molecule has 0 aromatic carbocycles. The van der Waals surface area contributed by atoms with E-state index in [2.05, 4.69) is 4.98 Å². The second-order valence-electron chi connectivity index (χ2n) is 5.24. The highest BCUT2D eigenvalue weighted by Gasteiger charge is 2.28. The van der Waals surface area contributed by atoms with E-state index in [1.165, 1.54) is 0 Å². The number of hydrogen-bond donors (Lipinski definition) is 0. The number of aromatic nitrogens is 1. The summed E-state index contributed by atoms with van der Waals surface area (Å²) in [5.74, 6) is 0.182. The molecule has 4 heteroatoms. The Morgan fingerprint density at radius 3 is 2.89 bits per heavy atom. The summed E-state index contributed by atoms with van der Waals surface area (Å²) in [6, 6.07) is 1.82. The Hall–Kier alpha value is -1.71. The van der Waals surface area contributed by atoms with E-state index in [4.69, 9.17) is 0 Å². The lowest BCUT2D eigenvalue weighted by Crippen LogP contribution is -2.44. The first-order chi connectivity index (χ1) is 9.09. The van der Waals surface area contributed by atoms with Gasteiger partial charge < -0.3 is 4.90 Å². The summed E-state index contributed by atoms with van der Waals surface area (Å²) in [5, 5.41) is 0. The maximum atomic E-state index is 12.6. The van der Waals surface area contributed by atoms with Gasteiger partial charge in [-0.15, -0.1) is 0 Å². The zero-order chi connectivity index (χ0) is 13.8. The van der Waals surface area contributed by atoms with E-state index in [1.54, 1.807) is 25.4 Å². The van der Waals surface area contributed by atoms with E-state index in [0.29, 0.717) is 12.0 Å². The fourth-order valence-corrected chi connectivity index (χ4v) is 2.68. The van der Waals surface area contributed by atoms with E-state index >= 15 is 0 Å². The van der Waals surface area contributed by atoms with E-state index in [1.807, 2.05) is 11.8 Å². The highest BCUT2D eigenvalue weighted by Crippen LogP contribution is 2.23. The summed E-state index contributed by atoms with van der Waals surface area (Å²) in [4.78, 5) is 29.8. The molecule has 2 rings (SSSR count). The normalized spacial score (nSPS) is 19.3. The van der Waals surface area contributed by atoms with Crippen LogP contribution in [-0.2, 0) is 4.79 Å². The number of Topliss-reactive ketones (excluding diaryl/α,β-unsaturated/α-hetero) is 1. The minimum absolute atomic E-state index is 0.0332.